The van der Waals surface area contributed by atoms with Crippen LogP contribution in [0.2, 0.25) is 0 Å². The number of para-hydroxylation sites is 2. The van der Waals surface area contributed by atoms with Crippen molar-refractivity contribution in [1.29, 1.82) is 0 Å². The van der Waals surface area contributed by atoms with E-state index in [0.29, 0.717) is 12.6 Å². The molecule has 30 heavy (non-hydrogen) atoms. The second-order valence-electron chi connectivity index (χ2n) is 8.26. The number of benzene rings is 2. The molecule has 0 saturated carbocycles. The fraction of sp³-hybridized carbons (Fsp3) is 0.360. The highest BCUT2D eigenvalue weighted by Crippen LogP contribution is 2.37. The van der Waals surface area contributed by atoms with Crippen molar-refractivity contribution in [2.24, 2.45) is 5.92 Å². The first-order valence-electron chi connectivity index (χ1n) is 10.8. The highest BCUT2D eigenvalue weighted by molar-refractivity contribution is 5.80. The lowest BCUT2D eigenvalue weighted by atomic mass is 9.94. The lowest BCUT2D eigenvalue weighted by Crippen LogP contribution is -2.44. The molecule has 1 saturated heterocycles. The third-order valence-electron chi connectivity index (χ3n) is 6.48. The number of hydrogen-bond acceptors (Lipinski definition) is 4. The number of carbonyl (C=O) groups is 1. The van der Waals surface area contributed by atoms with Gasteiger partial charge in [-0.05, 0) is 48.9 Å². The van der Waals surface area contributed by atoms with Crippen LogP contribution >= 0.6 is 0 Å². The van der Waals surface area contributed by atoms with Gasteiger partial charge in [0.15, 0.2) is 5.58 Å². The highest BCUT2D eigenvalue weighted by Gasteiger charge is 2.35. The maximum absolute atomic E-state index is 13.5. The predicted octanol–water partition coefficient (Wildman–Crippen LogP) is 4.75. The van der Waals surface area contributed by atoms with Gasteiger partial charge in [-0.15, -0.1) is 6.58 Å². The molecule has 1 atom stereocenters. The van der Waals surface area contributed by atoms with Gasteiger partial charge in [0.05, 0.1) is 6.04 Å². The lowest BCUT2D eigenvalue weighted by molar-refractivity contribution is -0.138. The van der Waals surface area contributed by atoms with E-state index in [4.69, 9.17) is 4.42 Å². The normalized spacial score (nSPS) is 19.1. The van der Waals surface area contributed by atoms with Gasteiger partial charge >= 0.3 is 0 Å². The van der Waals surface area contributed by atoms with E-state index in [-0.39, 0.29) is 17.9 Å². The van der Waals surface area contributed by atoms with E-state index < -0.39 is 0 Å². The van der Waals surface area contributed by atoms with Crippen molar-refractivity contribution in [2.75, 3.05) is 24.5 Å². The molecule has 1 amide bonds. The zero-order chi connectivity index (χ0) is 20.5. The van der Waals surface area contributed by atoms with Gasteiger partial charge in [0, 0.05) is 25.6 Å². The van der Waals surface area contributed by atoms with Gasteiger partial charge in [0.2, 0.25) is 5.91 Å². The first-order valence-corrected chi connectivity index (χ1v) is 10.8. The molecule has 0 N–H and O–H groups in total. The van der Waals surface area contributed by atoms with E-state index in [1.165, 1.54) is 11.1 Å². The number of oxazole rings is 1. The largest absolute Gasteiger partial charge is 0.423 e. The van der Waals surface area contributed by atoms with E-state index in [9.17, 15) is 4.79 Å². The first-order chi connectivity index (χ1) is 14.7. The SMILES string of the molecule is C=CCN(C(=O)C1CCN(c2nc3ccccc3o2)CC1)[C@H]1CCc2ccccc21. The molecular weight excluding hydrogens is 374 g/mol. The summed E-state index contributed by atoms with van der Waals surface area (Å²) in [5.74, 6) is 0.298. The summed E-state index contributed by atoms with van der Waals surface area (Å²) >= 11 is 0. The molecule has 2 heterocycles. The van der Waals surface area contributed by atoms with Crippen molar-refractivity contribution >= 4 is 23.0 Å². The summed E-state index contributed by atoms with van der Waals surface area (Å²) in [6.45, 7) is 6.07. The molecule has 1 fully saturated rings. The van der Waals surface area contributed by atoms with Gasteiger partial charge in [-0.2, -0.15) is 4.98 Å². The van der Waals surface area contributed by atoms with E-state index in [2.05, 4.69) is 45.6 Å². The number of piperidine rings is 1. The van der Waals surface area contributed by atoms with Crippen molar-refractivity contribution in [3.8, 4) is 0 Å². The van der Waals surface area contributed by atoms with Gasteiger partial charge in [-0.3, -0.25) is 4.79 Å². The highest BCUT2D eigenvalue weighted by atomic mass is 16.4. The fourth-order valence-corrected chi connectivity index (χ4v) is 4.92. The van der Waals surface area contributed by atoms with Crippen LogP contribution in [0, 0.1) is 5.92 Å². The summed E-state index contributed by atoms with van der Waals surface area (Å²) < 4.78 is 5.92. The molecule has 154 valence electrons. The molecule has 3 aromatic rings. The van der Waals surface area contributed by atoms with Gasteiger partial charge in [0.1, 0.15) is 5.52 Å². The Morgan fingerprint density at radius 3 is 2.70 bits per heavy atom. The van der Waals surface area contributed by atoms with E-state index in [1.807, 2.05) is 30.3 Å². The quantitative estimate of drug-likeness (QED) is 0.579. The smallest absolute Gasteiger partial charge is 0.298 e. The number of fused-ring (bicyclic) bond motifs is 2. The molecule has 5 nitrogen and oxygen atoms in total. The Hall–Kier alpha value is -3.08. The number of aryl methyl sites for hydroxylation is 1. The summed E-state index contributed by atoms with van der Waals surface area (Å²) in [6.07, 6.45) is 5.53. The molecule has 5 rings (SSSR count). The molecule has 1 aliphatic carbocycles. The number of nitrogens with zero attached hydrogens (tertiary/aromatic N) is 3. The van der Waals surface area contributed by atoms with Crippen LogP contribution in [0.4, 0.5) is 6.01 Å². The Bertz CT molecular complexity index is 1030. The van der Waals surface area contributed by atoms with Crippen molar-refractivity contribution in [3.63, 3.8) is 0 Å². The Morgan fingerprint density at radius 1 is 1.13 bits per heavy atom. The summed E-state index contributed by atoms with van der Waals surface area (Å²) in [5, 5.41) is 0. The van der Waals surface area contributed by atoms with Crippen LogP contribution in [-0.2, 0) is 11.2 Å². The van der Waals surface area contributed by atoms with Crippen molar-refractivity contribution in [2.45, 2.75) is 31.7 Å². The molecule has 1 aromatic heterocycles. The molecule has 0 bridgehead atoms. The number of hydrogen-bond donors (Lipinski definition) is 0. The monoisotopic (exact) mass is 401 g/mol. The molecule has 0 radical (unpaired) electrons. The number of rotatable bonds is 5. The van der Waals surface area contributed by atoms with Crippen molar-refractivity contribution in [1.82, 2.24) is 9.88 Å². The second-order valence-corrected chi connectivity index (χ2v) is 8.26. The zero-order valence-corrected chi connectivity index (χ0v) is 17.2. The molecule has 0 spiro atoms. The van der Waals surface area contributed by atoms with E-state index in [0.717, 1.165) is 49.9 Å². The predicted molar refractivity (Wildman–Crippen MR) is 118 cm³/mol. The maximum atomic E-state index is 13.5. The molecule has 0 unspecified atom stereocenters. The lowest BCUT2D eigenvalue weighted by Gasteiger charge is -2.36. The summed E-state index contributed by atoms with van der Waals surface area (Å²) in [5.41, 5.74) is 4.36. The van der Waals surface area contributed by atoms with Gasteiger partial charge in [0.25, 0.3) is 6.01 Å². The first kappa shape index (κ1) is 18.9. The molecule has 1 aliphatic heterocycles. The summed E-state index contributed by atoms with van der Waals surface area (Å²) in [6, 6.07) is 17.2. The Labute approximate surface area is 177 Å². The summed E-state index contributed by atoms with van der Waals surface area (Å²) in [4.78, 5) is 22.3. The summed E-state index contributed by atoms with van der Waals surface area (Å²) in [7, 11) is 0. The molecule has 2 aliphatic rings. The van der Waals surface area contributed by atoms with Gasteiger partial charge < -0.3 is 14.2 Å². The minimum atomic E-state index is 0.0401. The van der Waals surface area contributed by atoms with Crippen LogP contribution in [0.15, 0.2) is 65.6 Å². The third kappa shape index (κ3) is 3.38. The Balaban J connectivity index is 1.28. The number of aromatic nitrogens is 1. The van der Waals surface area contributed by atoms with Crippen LogP contribution < -0.4 is 4.90 Å². The van der Waals surface area contributed by atoms with Crippen LogP contribution in [0.5, 0.6) is 0 Å². The number of amides is 1. The Morgan fingerprint density at radius 2 is 1.90 bits per heavy atom. The van der Waals surface area contributed by atoms with E-state index in [1.54, 1.807) is 0 Å². The number of anilines is 1. The van der Waals surface area contributed by atoms with Crippen LogP contribution in [-0.4, -0.2) is 35.4 Å². The molecular formula is C25H27N3O2. The van der Waals surface area contributed by atoms with Gasteiger partial charge in [-0.1, -0.05) is 42.5 Å². The minimum Gasteiger partial charge on any atom is -0.423 e. The van der Waals surface area contributed by atoms with Gasteiger partial charge in [-0.25, -0.2) is 0 Å². The fourth-order valence-electron chi connectivity index (χ4n) is 4.92. The average molecular weight is 402 g/mol. The Kier molecular flexibility index (Phi) is 5.03. The topological polar surface area (TPSA) is 49.6 Å². The maximum Gasteiger partial charge on any atom is 0.298 e. The standard InChI is InChI=1S/C25H27N3O2/c1-2-15-28(22-12-11-18-7-3-4-8-20(18)22)24(29)19-13-16-27(17-14-19)25-26-21-9-5-6-10-23(21)30-25/h2-10,19,22H,1,11-17H2/t22-/m0/s1. The third-order valence-corrected chi connectivity index (χ3v) is 6.48. The number of carbonyl (C=O) groups excluding carboxylic acids is 1. The van der Waals surface area contributed by atoms with Crippen LogP contribution in [0.3, 0.4) is 0 Å². The molecule has 5 heteroatoms. The van der Waals surface area contributed by atoms with Crippen LogP contribution in [0.1, 0.15) is 36.4 Å². The second kappa shape index (κ2) is 7.98. The van der Waals surface area contributed by atoms with Crippen molar-refractivity contribution in [3.05, 3.63) is 72.3 Å². The average Bonchev–Trinajstić information content (AvgIpc) is 3.41. The minimum absolute atomic E-state index is 0.0401. The molecule has 2 aromatic carbocycles. The van der Waals surface area contributed by atoms with Crippen LogP contribution in [0.25, 0.3) is 11.1 Å². The van der Waals surface area contributed by atoms with Crippen molar-refractivity contribution < 1.29 is 9.21 Å². The van der Waals surface area contributed by atoms with E-state index >= 15 is 0 Å². The zero-order valence-electron chi connectivity index (χ0n) is 17.2.